The van der Waals surface area contributed by atoms with E-state index in [1.807, 2.05) is 24.3 Å². The van der Waals surface area contributed by atoms with Gasteiger partial charge in [0.1, 0.15) is 18.1 Å². The summed E-state index contributed by atoms with van der Waals surface area (Å²) in [4.78, 5) is 25.9. The summed E-state index contributed by atoms with van der Waals surface area (Å²) in [7, 11) is 3.41. The fourth-order valence-corrected chi connectivity index (χ4v) is 2.59. The molecule has 142 valence electrons. The SMILES string of the molecule is CN(C)C(=O)c1cccc(OCc2cccc(C(=O)Oc3ccccc3)c2)c1. The molecule has 5 heteroatoms. The summed E-state index contributed by atoms with van der Waals surface area (Å²) in [5.74, 6) is 0.573. The first-order valence-corrected chi connectivity index (χ1v) is 8.83. The van der Waals surface area contributed by atoms with Crippen LogP contribution in [0.25, 0.3) is 0 Å². The van der Waals surface area contributed by atoms with Gasteiger partial charge in [-0.3, -0.25) is 4.79 Å². The second-order valence-electron chi connectivity index (χ2n) is 6.42. The van der Waals surface area contributed by atoms with Crippen LogP contribution < -0.4 is 9.47 Å². The second-order valence-corrected chi connectivity index (χ2v) is 6.42. The van der Waals surface area contributed by atoms with E-state index in [0.717, 1.165) is 5.56 Å². The van der Waals surface area contributed by atoms with Gasteiger partial charge in [0.15, 0.2) is 0 Å². The van der Waals surface area contributed by atoms with E-state index in [1.165, 1.54) is 4.90 Å². The Morgan fingerprint density at radius 1 is 0.786 bits per heavy atom. The minimum absolute atomic E-state index is 0.0869. The molecule has 0 heterocycles. The number of carbonyl (C=O) groups is 2. The molecule has 0 saturated carbocycles. The van der Waals surface area contributed by atoms with Crippen LogP contribution in [0.15, 0.2) is 78.9 Å². The number of ether oxygens (including phenoxy) is 2. The number of nitrogens with zero attached hydrogens (tertiary/aromatic N) is 1. The number of hydrogen-bond donors (Lipinski definition) is 0. The summed E-state index contributed by atoms with van der Waals surface area (Å²) in [6.45, 7) is 0.270. The van der Waals surface area contributed by atoms with Crippen LogP contribution in [-0.4, -0.2) is 30.9 Å². The standard InChI is InChI=1S/C23H21NO4/c1-24(2)22(25)18-9-7-13-21(15-18)27-16-17-8-6-10-19(14-17)23(26)28-20-11-4-3-5-12-20/h3-15H,16H2,1-2H3. The Balaban J connectivity index is 1.66. The molecule has 0 spiro atoms. The van der Waals surface area contributed by atoms with Gasteiger partial charge in [-0.1, -0.05) is 36.4 Å². The van der Waals surface area contributed by atoms with Gasteiger partial charge in [-0.15, -0.1) is 0 Å². The van der Waals surface area contributed by atoms with Crippen molar-refractivity contribution in [1.82, 2.24) is 4.90 Å². The molecule has 0 unspecified atom stereocenters. The van der Waals surface area contributed by atoms with Gasteiger partial charge >= 0.3 is 5.97 Å². The molecule has 3 rings (SSSR count). The van der Waals surface area contributed by atoms with E-state index in [4.69, 9.17) is 9.47 Å². The molecule has 0 radical (unpaired) electrons. The highest BCUT2D eigenvalue weighted by atomic mass is 16.5. The molecule has 0 aromatic heterocycles. The van der Waals surface area contributed by atoms with Crippen LogP contribution in [0.4, 0.5) is 0 Å². The van der Waals surface area contributed by atoms with E-state index < -0.39 is 5.97 Å². The first-order chi connectivity index (χ1) is 13.5. The van der Waals surface area contributed by atoms with Crippen molar-refractivity contribution < 1.29 is 19.1 Å². The molecule has 0 N–H and O–H groups in total. The third kappa shape index (κ3) is 4.98. The third-order valence-corrected chi connectivity index (χ3v) is 4.01. The van der Waals surface area contributed by atoms with Gasteiger partial charge in [-0.2, -0.15) is 0 Å². The number of amides is 1. The Morgan fingerprint density at radius 2 is 1.46 bits per heavy atom. The zero-order valence-corrected chi connectivity index (χ0v) is 15.8. The highest BCUT2D eigenvalue weighted by Gasteiger charge is 2.11. The molecule has 1 amide bonds. The zero-order valence-electron chi connectivity index (χ0n) is 15.8. The molecule has 5 nitrogen and oxygen atoms in total. The van der Waals surface area contributed by atoms with Gasteiger partial charge in [0.2, 0.25) is 0 Å². The maximum Gasteiger partial charge on any atom is 0.343 e. The lowest BCUT2D eigenvalue weighted by Gasteiger charge is -2.12. The van der Waals surface area contributed by atoms with E-state index in [-0.39, 0.29) is 12.5 Å². The summed E-state index contributed by atoms with van der Waals surface area (Å²) >= 11 is 0. The lowest BCUT2D eigenvalue weighted by atomic mass is 10.1. The Hall–Kier alpha value is -3.60. The van der Waals surface area contributed by atoms with Gasteiger partial charge in [0.05, 0.1) is 5.56 Å². The minimum Gasteiger partial charge on any atom is -0.489 e. The minimum atomic E-state index is -0.424. The van der Waals surface area contributed by atoms with E-state index in [2.05, 4.69) is 0 Å². The summed E-state index contributed by atoms with van der Waals surface area (Å²) in [5.41, 5.74) is 1.83. The summed E-state index contributed by atoms with van der Waals surface area (Å²) in [6, 6.07) is 23.0. The molecule has 0 aliphatic carbocycles. The van der Waals surface area contributed by atoms with Gasteiger partial charge in [0.25, 0.3) is 5.91 Å². The Bertz CT molecular complexity index is 967. The molecule has 0 saturated heterocycles. The highest BCUT2D eigenvalue weighted by Crippen LogP contribution is 2.17. The van der Waals surface area contributed by atoms with E-state index >= 15 is 0 Å². The van der Waals surface area contributed by atoms with E-state index in [0.29, 0.717) is 22.6 Å². The largest absolute Gasteiger partial charge is 0.489 e. The van der Waals surface area contributed by atoms with Crippen molar-refractivity contribution in [1.29, 1.82) is 0 Å². The maximum absolute atomic E-state index is 12.3. The number of carbonyl (C=O) groups excluding carboxylic acids is 2. The lowest BCUT2D eigenvalue weighted by Crippen LogP contribution is -2.21. The summed E-state index contributed by atoms with van der Waals surface area (Å²) in [6.07, 6.45) is 0. The van der Waals surface area contributed by atoms with Crippen LogP contribution in [0, 0.1) is 0 Å². The van der Waals surface area contributed by atoms with Gasteiger partial charge in [-0.25, -0.2) is 4.79 Å². The topological polar surface area (TPSA) is 55.8 Å². The monoisotopic (exact) mass is 375 g/mol. The third-order valence-electron chi connectivity index (χ3n) is 4.01. The van der Waals surface area contributed by atoms with Crippen molar-refractivity contribution in [3.8, 4) is 11.5 Å². The van der Waals surface area contributed by atoms with Gasteiger partial charge in [0, 0.05) is 19.7 Å². The molecule has 0 atom stereocenters. The normalized spacial score (nSPS) is 10.2. The van der Waals surface area contributed by atoms with Crippen molar-refractivity contribution in [2.24, 2.45) is 0 Å². The maximum atomic E-state index is 12.3. The number of benzene rings is 3. The average Bonchev–Trinajstić information content (AvgIpc) is 2.73. The van der Waals surface area contributed by atoms with Crippen molar-refractivity contribution >= 4 is 11.9 Å². The highest BCUT2D eigenvalue weighted by molar-refractivity contribution is 5.94. The number of hydrogen-bond acceptors (Lipinski definition) is 4. The summed E-state index contributed by atoms with van der Waals surface area (Å²) in [5, 5.41) is 0. The van der Waals surface area contributed by atoms with Crippen molar-refractivity contribution in [3.05, 3.63) is 95.6 Å². The first-order valence-electron chi connectivity index (χ1n) is 8.83. The van der Waals surface area contributed by atoms with Crippen LogP contribution in [0.5, 0.6) is 11.5 Å². The van der Waals surface area contributed by atoms with E-state index in [1.54, 1.807) is 68.7 Å². The molecule has 3 aromatic carbocycles. The molecule has 3 aromatic rings. The molecule has 0 bridgehead atoms. The van der Waals surface area contributed by atoms with Crippen molar-refractivity contribution in [3.63, 3.8) is 0 Å². The quantitative estimate of drug-likeness (QED) is 0.479. The molecule has 0 aliphatic rings. The van der Waals surface area contributed by atoms with Gasteiger partial charge in [-0.05, 0) is 48.0 Å². The first kappa shape index (κ1) is 19.2. The zero-order chi connectivity index (χ0) is 19.9. The lowest BCUT2D eigenvalue weighted by molar-refractivity contribution is 0.0734. The predicted molar refractivity (Wildman–Crippen MR) is 107 cm³/mol. The number of esters is 1. The molecule has 0 fully saturated rings. The van der Waals surface area contributed by atoms with Crippen LogP contribution in [0.2, 0.25) is 0 Å². The fraction of sp³-hybridized carbons (Fsp3) is 0.130. The number of para-hydroxylation sites is 1. The van der Waals surface area contributed by atoms with Crippen molar-refractivity contribution in [2.75, 3.05) is 14.1 Å². The molecule has 28 heavy (non-hydrogen) atoms. The van der Waals surface area contributed by atoms with Crippen LogP contribution >= 0.6 is 0 Å². The Labute approximate surface area is 164 Å². The summed E-state index contributed by atoms with van der Waals surface area (Å²) < 4.78 is 11.2. The average molecular weight is 375 g/mol. The smallest absolute Gasteiger partial charge is 0.343 e. The number of rotatable bonds is 6. The second kappa shape index (κ2) is 8.86. The molecule has 0 aliphatic heterocycles. The van der Waals surface area contributed by atoms with Crippen LogP contribution in [0.1, 0.15) is 26.3 Å². The van der Waals surface area contributed by atoms with Crippen LogP contribution in [0.3, 0.4) is 0 Å². The van der Waals surface area contributed by atoms with Crippen molar-refractivity contribution in [2.45, 2.75) is 6.61 Å². The fourth-order valence-electron chi connectivity index (χ4n) is 2.59. The van der Waals surface area contributed by atoms with Crippen LogP contribution in [-0.2, 0) is 6.61 Å². The Kier molecular flexibility index (Phi) is 6.07. The Morgan fingerprint density at radius 3 is 2.21 bits per heavy atom. The van der Waals surface area contributed by atoms with Gasteiger partial charge < -0.3 is 14.4 Å². The van der Waals surface area contributed by atoms with E-state index in [9.17, 15) is 9.59 Å². The molecular weight excluding hydrogens is 354 g/mol. The molecular formula is C23H21NO4. The predicted octanol–water partition coefficient (Wildman–Crippen LogP) is 4.19.